The van der Waals surface area contributed by atoms with Crippen molar-refractivity contribution in [1.29, 1.82) is 0 Å². The Hall–Kier alpha value is -1.44. The van der Waals surface area contributed by atoms with E-state index in [-0.39, 0.29) is 0 Å². The summed E-state index contributed by atoms with van der Waals surface area (Å²) in [6.45, 7) is 0. The molecule has 0 saturated heterocycles. The zero-order chi connectivity index (χ0) is 8.23. The van der Waals surface area contributed by atoms with Gasteiger partial charge < -0.3 is 0 Å². The van der Waals surface area contributed by atoms with Crippen LogP contribution in [-0.4, -0.2) is 9.97 Å². The van der Waals surface area contributed by atoms with Crippen LogP contribution in [0.2, 0.25) is 0 Å². The van der Waals surface area contributed by atoms with Gasteiger partial charge in [0.15, 0.2) is 5.82 Å². The second kappa shape index (κ2) is 3.30. The van der Waals surface area contributed by atoms with Crippen LogP contribution in [0.5, 0.6) is 0 Å². The number of rotatable bonds is 1. The molecule has 1 aliphatic rings. The fourth-order valence-electron chi connectivity index (χ4n) is 1.13. The lowest BCUT2D eigenvalue weighted by atomic mass is 10.0. The Morgan fingerprint density at radius 2 is 2.00 bits per heavy atom. The van der Waals surface area contributed by atoms with E-state index in [2.05, 4.69) is 22.5 Å². The first kappa shape index (κ1) is 7.22. The highest BCUT2D eigenvalue weighted by molar-refractivity contribution is 5.69. The molecule has 2 rings (SSSR count). The number of allylic oxidation sites excluding steroid dienone is 4. The number of hydrogen-bond acceptors (Lipinski definition) is 2. The molecule has 0 N–H and O–H groups in total. The standard InChI is InChI=1S/C10H9N2/c1-2-5-9(6-3-1)10-11-7-4-8-12-10/h1-2,4-8H,3H2. The van der Waals surface area contributed by atoms with Gasteiger partial charge in [0, 0.05) is 18.0 Å². The van der Waals surface area contributed by atoms with Crippen LogP contribution in [0.25, 0.3) is 5.57 Å². The Morgan fingerprint density at radius 1 is 1.17 bits per heavy atom. The van der Waals surface area contributed by atoms with Gasteiger partial charge in [0.1, 0.15) is 0 Å². The van der Waals surface area contributed by atoms with Gasteiger partial charge in [-0.05, 0) is 18.9 Å². The predicted molar refractivity (Wildman–Crippen MR) is 48.1 cm³/mol. The van der Waals surface area contributed by atoms with Crippen LogP contribution in [-0.2, 0) is 0 Å². The summed E-state index contributed by atoms with van der Waals surface area (Å²) in [5.41, 5.74) is 1.11. The van der Waals surface area contributed by atoms with Crippen LogP contribution in [0.4, 0.5) is 0 Å². The molecule has 0 saturated carbocycles. The van der Waals surface area contributed by atoms with Gasteiger partial charge in [-0.3, -0.25) is 0 Å². The third kappa shape index (κ3) is 1.42. The summed E-state index contributed by atoms with van der Waals surface area (Å²) >= 11 is 0. The molecule has 1 heterocycles. The zero-order valence-electron chi connectivity index (χ0n) is 6.64. The minimum absolute atomic E-state index is 0.807. The molecule has 2 nitrogen and oxygen atoms in total. The molecule has 1 aliphatic carbocycles. The van der Waals surface area contributed by atoms with Gasteiger partial charge in [0.2, 0.25) is 0 Å². The third-order valence-electron chi connectivity index (χ3n) is 1.71. The van der Waals surface area contributed by atoms with Crippen LogP contribution < -0.4 is 0 Å². The molecule has 12 heavy (non-hydrogen) atoms. The summed E-state index contributed by atoms with van der Waals surface area (Å²) in [7, 11) is 0. The van der Waals surface area contributed by atoms with Gasteiger partial charge in [-0.1, -0.05) is 18.2 Å². The maximum atomic E-state index is 4.16. The average Bonchev–Trinajstić information content (AvgIpc) is 2.21. The first-order valence-electron chi connectivity index (χ1n) is 3.94. The van der Waals surface area contributed by atoms with Crippen molar-refractivity contribution < 1.29 is 0 Å². The Morgan fingerprint density at radius 3 is 2.67 bits per heavy atom. The fraction of sp³-hybridized carbons (Fsp3) is 0.100. The smallest absolute Gasteiger partial charge is 0.155 e. The summed E-state index contributed by atoms with van der Waals surface area (Å²) in [5.74, 6) is 0.807. The molecule has 0 aromatic carbocycles. The molecule has 0 fully saturated rings. The van der Waals surface area contributed by atoms with Crippen LogP contribution in [0.3, 0.4) is 0 Å². The van der Waals surface area contributed by atoms with Gasteiger partial charge in [-0.15, -0.1) is 0 Å². The molecule has 0 unspecified atom stereocenters. The summed E-state index contributed by atoms with van der Waals surface area (Å²) in [5, 5.41) is 0. The number of hydrogen-bond donors (Lipinski definition) is 0. The highest BCUT2D eigenvalue weighted by Gasteiger charge is 2.04. The van der Waals surface area contributed by atoms with Crippen molar-refractivity contribution in [1.82, 2.24) is 9.97 Å². The van der Waals surface area contributed by atoms with Crippen LogP contribution in [0.15, 0.2) is 36.7 Å². The molecular weight excluding hydrogens is 148 g/mol. The Labute approximate surface area is 71.7 Å². The first-order chi connectivity index (χ1) is 5.97. The van der Waals surface area contributed by atoms with E-state index in [0.29, 0.717) is 0 Å². The van der Waals surface area contributed by atoms with Crippen LogP contribution >= 0.6 is 0 Å². The molecule has 1 aromatic rings. The maximum absolute atomic E-state index is 4.16. The van der Waals surface area contributed by atoms with Gasteiger partial charge in [0.05, 0.1) is 0 Å². The molecule has 1 aromatic heterocycles. The van der Waals surface area contributed by atoms with Crippen molar-refractivity contribution in [2.45, 2.75) is 6.42 Å². The van der Waals surface area contributed by atoms with Gasteiger partial charge >= 0.3 is 0 Å². The van der Waals surface area contributed by atoms with Crippen molar-refractivity contribution in [3.63, 3.8) is 0 Å². The molecule has 0 aliphatic heterocycles. The van der Waals surface area contributed by atoms with E-state index in [1.165, 1.54) is 0 Å². The maximum Gasteiger partial charge on any atom is 0.155 e. The SMILES string of the molecule is [CH]1CC=CC=C1c1ncccn1. The molecule has 2 heteroatoms. The van der Waals surface area contributed by atoms with Crippen molar-refractivity contribution in [3.05, 3.63) is 48.9 Å². The van der Waals surface area contributed by atoms with Gasteiger partial charge in [-0.25, -0.2) is 9.97 Å². The fourth-order valence-corrected chi connectivity index (χ4v) is 1.13. The normalized spacial score (nSPS) is 15.8. The number of aromatic nitrogens is 2. The van der Waals surface area contributed by atoms with Crippen molar-refractivity contribution in [2.24, 2.45) is 0 Å². The minimum atomic E-state index is 0.807. The number of nitrogens with zero attached hydrogens (tertiary/aromatic N) is 2. The summed E-state index contributed by atoms with van der Waals surface area (Å²) in [6, 6.07) is 1.82. The highest BCUT2D eigenvalue weighted by Crippen LogP contribution is 2.18. The Balaban J connectivity index is 2.31. The summed E-state index contributed by atoms with van der Waals surface area (Å²) in [4.78, 5) is 8.32. The second-order valence-electron chi connectivity index (χ2n) is 2.56. The van der Waals surface area contributed by atoms with Crippen molar-refractivity contribution >= 4 is 5.57 Å². The molecule has 0 bridgehead atoms. The lowest BCUT2D eigenvalue weighted by molar-refractivity contribution is 1.10. The molecule has 0 amide bonds. The molecule has 0 spiro atoms. The van der Waals surface area contributed by atoms with E-state index >= 15 is 0 Å². The van der Waals surface area contributed by atoms with E-state index in [4.69, 9.17) is 0 Å². The van der Waals surface area contributed by atoms with E-state index in [0.717, 1.165) is 17.8 Å². The molecule has 59 valence electrons. The monoisotopic (exact) mass is 157 g/mol. The zero-order valence-corrected chi connectivity index (χ0v) is 6.64. The van der Waals surface area contributed by atoms with E-state index in [1.54, 1.807) is 12.4 Å². The third-order valence-corrected chi connectivity index (χ3v) is 1.71. The predicted octanol–water partition coefficient (Wildman–Crippen LogP) is 2.02. The topological polar surface area (TPSA) is 25.8 Å². The lowest BCUT2D eigenvalue weighted by Crippen LogP contribution is -1.94. The summed E-state index contributed by atoms with van der Waals surface area (Å²) < 4.78 is 0. The van der Waals surface area contributed by atoms with Crippen LogP contribution in [0.1, 0.15) is 12.2 Å². The quantitative estimate of drug-likeness (QED) is 0.623. The highest BCUT2D eigenvalue weighted by atomic mass is 14.9. The van der Waals surface area contributed by atoms with Crippen LogP contribution in [0, 0.1) is 6.42 Å². The first-order valence-corrected chi connectivity index (χ1v) is 3.94. The Kier molecular flexibility index (Phi) is 1.99. The van der Waals surface area contributed by atoms with Gasteiger partial charge in [-0.2, -0.15) is 0 Å². The van der Waals surface area contributed by atoms with E-state index in [1.807, 2.05) is 18.2 Å². The largest absolute Gasteiger partial charge is 0.237 e. The minimum Gasteiger partial charge on any atom is -0.237 e. The van der Waals surface area contributed by atoms with Gasteiger partial charge in [0.25, 0.3) is 0 Å². The summed E-state index contributed by atoms with van der Waals surface area (Å²) in [6.07, 6.45) is 12.8. The van der Waals surface area contributed by atoms with Crippen molar-refractivity contribution in [2.75, 3.05) is 0 Å². The average molecular weight is 157 g/mol. The molecule has 1 radical (unpaired) electrons. The molecular formula is C10H9N2. The Bertz CT molecular complexity index is 312. The van der Waals surface area contributed by atoms with E-state index in [9.17, 15) is 0 Å². The molecule has 0 atom stereocenters. The second-order valence-corrected chi connectivity index (χ2v) is 2.56. The van der Waals surface area contributed by atoms with E-state index < -0.39 is 0 Å². The lowest BCUT2D eigenvalue weighted by Gasteiger charge is -2.05. The van der Waals surface area contributed by atoms with Crippen molar-refractivity contribution in [3.8, 4) is 0 Å².